The van der Waals surface area contributed by atoms with Crippen LogP contribution in [0.15, 0.2) is 6.07 Å². The van der Waals surface area contributed by atoms with Gasteiger partial charge in [-0.25, -0.2) is 4.79 Å². The van der Waals surface area contributed by atoms with Gasteiger partial charge >= 0.3 is 5.97 Å². The monoisotopic (exact) mass is 207 g/mol. The highest BCUT2D eigenvalue weighted by molar-refractivity contribution is 5.86. The van der Waals surface area contributed by atoms with Gasteiger partial charge in [-0.2, -0.15) is 5.10 Å². The summed E-state index contributed by atoms with van der Waals surface area (Å²) in [4.78, 5) is 12.6. The largest absolute Gasteiger partial charge is 0.476 e. The van der Waals surface area contributed by atoms with Gasteiger partial charge in [-0.05, 0) is 18.9 Å². The molecular formula is C10H13N3O2. The highest BCUT2D eigenvalue weighted by atomic mass is 16.4. The molecule has 0 bridgehead atoms. The molecule has 2 rings (SSSR count). The fourth-order valence-corrected chi connectivity index (χ4v) is 1.50. The normalized spacial score (nSPS) is 15.1. The van der Waals surface area contributed by atoms with Gasteiger partial charge in [0.1, 0.15) is 0 Å². The van der Waals surface area contributed by atoms with Crippen molar-refractivity contribution in [3.05, 3.63) is 17.5 Å². The zero-order valence-corrected chi connectivity index (χ0v) is 8.77. The van der Waals surface area contributed by atoms with E-state index in [-0.39, 0.29) is 5.69 Å². The van der Waals surface area contributed by atoms with Gasteiger partial charge in [0.15, 0.2) is 5.69 Å². The van der Waals surface area contributed by atoms with Crippen LogP contribution >= 0.6 is 0 Å². The molecule has 1 aromatic heterocycles. The lowest BCUT2D eigenvalue weighted by Gasteiger charge is -2.15. The van der Waals surface area contributed by atoms with E-state index in [2.05, 4.69) is 10.2 Å². The third-order valence-electron chi connectivity index (χ3n) is 2.47. The molecule has 0 amide bonds. The van der Waals surface area contributed by atoms with E-state index in [0.717, 1.165) is 24.2 Å². The van der Waals surface area contributed by atoms with Crippen molar-refractivity contribution in [2.24, 2.45) is 0 Å². The number of aromatic carboxylic acids is 1. The van der Waals surface area contributed by atoms with Crippen LogP contribution in [0.2, 0.25) is 0 Å². The van der Waals surface area contributed by atoms with E-state index in [0.29, 0.717) is 5.92 Å². The van der Waals surface area contributed by atoms with Crippen molar-refractivity contribution in [2.45, 2.75) is 18.8 Å². The Kier molecular flexibility index (Phi) is 2.30. The van der Waals surface area contributed by atoms with Crippen molar-refractivity contribution in [1.29, 1.82) is 0 Å². The molecule has 0 aliphatic heterocycles. The number of carbonyl (C=O) groups is 1. The minimum atomic E-state index is -1.03. The zero-order chi connectivity index (χ0) is 11.0. The van der Waals surface area contributed by atoms with Crippen LogP contribution in [-0.4, -0.2) is 35.4 Å². The summed E-state index contributed by atoms with van der Waals surface area (Å²) in [6, 6.07) is 1.59. The highest BCUT2D eigenvalue weighted by Gasteiger charge is 2.29. The maximum Gasteiger partial charge on any atom is 0.356 e. The summed E-state index contributed by atoms with van der Waals surface area (Å²) < 4.78 is 0. The van der Waals surface area contributed by atoms with Gasteiger partial charge in [-0.1, -0.05) is 0 Å². The zero-order valence-electron chi connectivity index (χ0n) is 8.77. The molecule has 1 heterocycles. The molecule has 1 saturated carbocycles. The fraction of sp³-hybridized carbons (Fsp3) is 0.500. The van der Waals surface area contributed by atoms with Crippen molar-refractivity contribution >= 4 is 11.7 Å². The maximum atomic E-state index is 10.8. The SMILES string of the molecule is CN(C)c1cc(C(=O)O)nnc1C1CC1. The molecule has 0 spiro atoms. The summed E-state index contributed by atoms with van der Waals surface area (Å²) in [5.74, 6) is -0.564. The molecule has 1 aliphatic carbocycles. The fourth-order valence-electron chi connectivity index (χ4n) is 1.50. The van der Waals surface area contributed by atoms with Crippen LogP contribution in [0.5, 0.6) is 0 Å². The Labute approximate surface area is 87.7 Å². The Bertz CT molecular complexity index is 400. The molecular weight excluding hydrogens is 194 g/mol. The second-order valence-electron chi connectivity index (χ2n) is 3.97. The molecule has 5 nitrogen and oxygen atoms in total. The molecule has 1 aromatic rings. The Hall–Kier alpha value is -1.65. The first-order chi connectivity index (χ1) is 7.09. The van der Waals surface area contributed by atoms with Crippen molar-refractivity contribution in [3.63, 3.8) is 0 Å². The predicted octanol–water partition coefficient (Wildman–Crippen LogP) is 1.12. The average molecular weight is 207 g/mol. The standard InChI is InChI=1S/C10H13N3O2/c1-13(2)8-5-7(10(14)15)11-12-9(8)6-3-4-6/h5-6H,3-4H2,1-2H3,(H,14,15). The lowest BCUT2D eigenvalue weighted by Crippen LogP contribution is -2.15. The number of carboxylic acid groups (broad SMARTS) is 1. The Morgan fingerprint density at radius 2 is 2.13 bits per heavy atom. The number of hydrogen-bond donors (Lipinski definition) is 1. The van der Waals surface area contributed by atoms with Crippen LogP contribution in [0, 0.1) is 0 Å². The first-order valence-electron chi connectivity index (χ1n) is 4.88. The quantitative estimate of drug-likeness (QED) is 0.804. The van der Waals surface area contributed by atoms with Crippen molar-refractivity contribution < 1.29 is 9.90 Å². The number of hydrogen-bond acceptors (Lipinski definition) is 4. The van der Waals surface area contributed by atoms with E-state index in [9.17, 15) is 4.79 Å². The molecule has 5 heteroatoms. The summed E-state index contributed by atoms with van der Waals surface area (Å²) in [5, 5.41) is 16.5. The third kappa shape index (κ3) is 1.91. The van der Waals surface area contributed by atoms with E-state index >= 15 is 0 Å². The van der Waals surface area contributed by atoms with Crippen LogP contribution in [0.4, 0.5) is 5.69 Å². The second-order valence-corrected chi connectivity index (χ2v) is 3.97. The average Bonchev–Trinajstić information content (AvgIpc) is 2.99. The van der Waals surface area contributed by atoms with Gasteiger partial charge in [0.05, 0.1) is 11.4 Å². The Morgan fingerprint density at radius 1 is 1.47 bits per heavy atom. The molecule has 0 radical (unpaired) electrons. The van der Waals surface area contributed by atoms with Gasteiger partial charge in [0.2, 0.25) is 0 Å². The van der Waals surface area contributed by atoms with Crippen molar-refractivity contribution in [1.82, 2.24) is 10.2 Å². The molecule has 0 aromatic carbocycles. The lowest BCUT2D eigenvalue weighted by atomic mass is 10.2. The van der Waals surface area contributed by atoms with E-state index in [1.54, 1.807) is 6.07 Å². The molecule has 0 saturated heterocycles. The Balaban J connectivity index is 2.43. The van der Waals surface area contributed by atoms with Crippen molar-refractivity contribution in [3.8, 4) is 0 Å². The van der Waals surface area contributed by atoms with E-state index < -0.39 is 5.97 Å². The molecule has 1 N–H and O–H groups in total. The summed E-state index contributed by atoms with van der Waals surface area (Å²) in [5.41, 5.74) is 1.79. The second kappa shape index (κ2) is 3.49. The van der Waals surface area contributed by atoms with E-state index in [4.69, 9.17) is 5.11 Å². The molecule has 15 heavy (non-hydrogen) atoms. The number of anilines is 1. The molecule has 0 unspecified atom stereocenters. The van der Waals surface area contributed by atoms with E-state index in [1.807, 2.05) is 19.0 Å². The first kappa shape index (κ1) is 9.89. The summed E-state index contributed by atoms with van der Waals surface area (Å²) in [6.07, 6.45) is 2.25. The molecule has 0 atom stereocenters. The number of rotatable bonds is 3. The van der Waals surface area contributed by atoms with Crippen LogP contribution in [0.1, 0.15) is 34.9 Å². The predicted molar refractivity (Wildman–Crippen MR) is 55.3 cm³/mol. The maximum absolute atomic E-state index is 10.8. The minimum absolute atomic E-state index is 0.00287. The van der Waals surface area contributed by atoms with Gasteiger partial charge < -0.3 is 10.0 Å². The number of nitrogens with zero attached hydrogens (tertiary/aromatic N) is 3. The Morgan fingerprint density at radius 3 is 2.60 bits per heavy atom. The van der Waals surface area contributed by atoms with Gasteiger partial charge in [0, 0.05) is 20.0 Å². The molecule has 80 valence electrons. The molecule has 1 fully saturated rings. The summed E-state index contributed by atoms with van der Waals surface area (Å²) in [6.45, 7) is 0. The summed E-state index contributed by atoms with van der Waals surface area (Å²) in [7, 11) is 3.77. The summed E-state index contributed by atoms with van der Waals surface area (Å²) >= 11 is 0. The smallest absolute Gasteiger partial charge is 0.356 e. The van der Waals surface area contributed by atoms with Crippen LogP contribution < -0.4 is 4.90 Å². The van der Waals surface area contributed by atoms with Crippen LogP contribution in [0.25, 0.3) is 0 Å². The van der Waals surface area contributed by atoms with Crippen LogP contribution in [-0.2, 0) is 0 Å². The lowest BCUT2D eigenvalue weighted by molar-refractivity contribution is 0.0689. The first-order valence-corrected chi connectivity index (χ1v) is 4.88. The third-order valence-corrected chi connectivity index (χ3v) is 2.47. The van der Waals surface area contributed by atoms with Gasteiger partial charge in [-0.15, -0.1) is 5.10 Å². The van der Waals surface area contributed by atoms with E-state index in [1.165, 1.54) is 0 Å². The van der Waals surface area contributed by atoms with Crippen molar-refractivity contribution in [2.75, 3.05) is 19.0 Å². The van der Waals surface area contributed by atoms with Gasteiger partial charge in [0.25, 0.3) is 0 Å². The topological polar surface area (TPSA) is 66.3 Å². The van der Waals surface area contributed by atoms with Gasteiger partial charge in [-0.3, -0.25) is 0 Å². The van der Waals surface area contributed by atoms with Crippen LogP contribution in [0.3, 0.4) is 0 Å². The number of aromatic nitrogens is 2. The minimum Gasteiger partial charge on any atom is -0.476 e. The molecule has 1 aliphatic rings. The highest BCUT2D eigenvalue weighted by Crippen LogP contribution is 2.42. The number of carboxylic acids is 1.